The highest BCUT2D eigenvalue weighted by Gasteiger charge is 2.17. The van der Waals surface area contributed by atoms with E-state index in [9.17, 15) is 9.18 Å². The van der Waals surface area contributed by atoms with Gasteiger partial charge < -0.3 is 5.32 Å². The Morgan fingerprint density at radius 2 is 2.26 bits per heavy atom. The van der Waals surface area contributed by atoms with Crippen molar-refractivity contribution in [1.82, 2.24) is 15.2 Å². The van der Waals surface area contributed by atoms with Crippen LogP contribution in [-0.4, -0.2) is 28.1 Å². The summed E-state index contributed by atoms with van der Waals surface area (Å²) in [5, 5.41) is 13.9. The summed E-state index contributed by atoms with van der Waals surface area (Å²) in [4.78, 5) is 15.7. The summed E-state index contributed by atoms with van der Waals surface area (Å²) in [6.07, 6.45) is 2.10. The van der Waals surface area contributed by atoms with Gasteiger partial charge in [0.15, 0.2) is 11.6 Å². The zero-order chi connectivity index (χ0) is 13.8. The van der Waals surface area contributed by atoms with Crippen LogP contribution in [0.2, 0.25) is 0 Å². The molecule has 8 heteroatoms. The molecule has 2 rings (SSSR count). The normalized spacial score (nSPS) is 10.3. The van der Waals surface area contributed by atoms with Crippen LogP contribution in [0.25, 0.3) is 0 Å². The SMILES string of the molecule is CCc1nnc(NC(=O)c2ccnc(NC)c2F)s1. The standard InChI is InChI=1S/C11H12FN5OS/c1-3-7-16-17-11(19-7)15-10(18)6-4-5-14-9(13-2)8(6)12/h4-5H,3H2,1-2H3,(H,13,14)(H,15,17,18). The molecule has 0 bridgehead atoms. The highest BCUT2D eigenvalue weighted by atomic mass is 32.1. The number of nitrogens with one attached hydrogen (secondary N) is 2. The molecule has 100 valence electrons. The van der Waals surface area contributed by atoms with Crippen LogP contribution < -0.4 is 10.6 Å². The minimum atomic E-state index is -0.692. The molecule has 0 aliphatic heterocycles. The van der Waals surface area contributed by atoms with Crippen LogP contribution >= 0.6 is 11.3 Å². The summed E-state index contributed by atoms with van der Waals surface area (Å²) in [7, 11) is 1.53. The van der Waals surface area contributed by atoms with E-state index in [-0.39, 0.29) is 11.4 Å². The number of anilines is 2. The topological polar surface area (TPSA) is 79.8 Å². The van der Waals surface area contributed by atoms with Crippen LogP contribution in [0.15, 0.2) is 12.3 Å². The minimum absolute atomic E-state index is 0.0270. The number of aryl methyl sites for hydroxylation is 1. The van der Waals surface area contributed by atoms with Crippen molar-refractivity contribution in [2.75, 3.05) is 17.7 Å². The van der Waals surface area contributed by atoms with E-state index in [0.29, 0.717) is 5.13 Å². The Morgan fingerprint density at radius 1 is 1.47 bits per heavy atom. The Labute approximate surface area is 113 Å². The van der Waals surface area contributed by atoms with E-state index in [1.165, 1.54) is 30.6 Å². The fourth-order valence-corrected chi connectivity index (χ4v) is 2.08. The van der Waals surface area contributed by atoms with Gasteiger partial charge in [0.2, 0.25) is 5.13 Å². The number of halogens is 1. The lowest BCUT2D eigenvalue weighted by Gasteiger charge is -2.05. The fourth-order valence-electron chi connectivity index (χ4n) is 1.40. The number of pyridine rings is 1. The number of hydrogen-bond donors (Lipinski definition) is 2. The molecule has 0 atom stereocenters. The van der Waals surface area contributed by atoms with Gasteiger partial charge in [0, 0.05) is 13.2 Å². The highest BCUT2D eigenvalue weighted by Crippen LogP contribution is 2.19. The van der Waals surface area contributed by atoms with Crippen molar-refractivity contribution in [2.45, 2.75) is 13.3 Å². The minimum Gasteiger partial charge on any atom is -0.371 e. The Balaban J connectivity index is 2.20. The molecule has 0 aromatic carbocycles. The molecule has 2 aromatic rings. The van der Waals surface area contributed by atoms with Gasteiger partial charge in [0.05, 0.1) is 5.56 Å². The molecular formula is C11H12FN5OS. The predicted molar refractivity (Wildman–Crippen MR) is 71.0 cm³/mol. The zero-order valence-electron chi connectivity index (χ0n) is 10.4. The molecule has 0 saturated carbocycles. The molecule has 6 nitrogen and oxygen atoms in total. The molecule has 2 aromatic heterocycles. The number of rotatable bonds is 4. The third-order valence-corrected chi connectivity index (χ3v) is 3.34. The van der Waals surface area contributed by atoms with Crippen LogP contribution in [0.1, 0.15) is 22.3 Å². The van der Waals surface area contributed by atoms with Crippen LogP contribution in [0.5, 0.6) is 0 Å². The highest BCUT2D eigenvalue weighted by molar-refractivity contribution is 7.15. The molecule has 2 N–H and O–H groups in total. The number of aromatic nitrogens is 3. The van der Waals surface area contributed by atoms with Gasteiger partial charge in [-0.15, -0.1) is 10.2 Å². The van der Waals surface area contributed by atoms with Crippen LogP contribution in [0, 0.1) is 5.82 Å². The van der Waals surface area contributed by atoms with Crippen molar-refractivity contribution >= 4 is 28.2 Å². The van der Waals surface area contributed by atoms with Crippen molar-refractivity contribution in [3.8, 4) is 0 Å². The molecule has 0 aliphatic carbocycles. The maximum atomic E-state index is 13.9. The van der Waals surface area contributed by atoms with Crippen LogP contribution in [0.3, 0.4) is 0 Å². The van der Waals surface area contributed by atoms with Crippen molar-refractivity contribution in [1.29, 1.82) is 0 Å². The first-order chi connectivity index (χ1) is 9.15. The number of hydrogen-bond acceptors (Lipinski definition) is 6. The molecule has 0 unspecified atom stereocenters. The summed E-state index contributed by atoms with van der Waals surface area (Å²) < 4.78 is 13.9. The van der Waals surface area contributed by atoms with Crippen molar-refractivity contribution in [3.63, 3.8) is 0 Å². The Morgan fingerprint density at radius 3 is 2.89 bits per heavy atom. The molecule has 0 radical (unpaired) electrons. The van der Waals surface area contributed by atoms with E-state index in [4.69, 9.17) is 0 Å². The second kappa shape index (κ2) is 5.70. The fraction of sp³-hybridized carbons (Fsp3) is 0.273. The van der Waals surface area contributed by atoms with Crippen LogP contribution in [0.4, 0.5) is 15.3 Å². The first-order valence-electron chi connectivity index (χ1n) is 5.61. The lowest BCUT2D eigenvalue weighted by molar-refractivity contribution is 0.102. The second-order valence-corrected chi connectivity index (χ2v) is 4.64. The van der Waals surface area contributed by atoms with Gasteiger partial charge in [-0.1, -0.05) is 18.3 Å². The first-order valence-corrected chi connectivity index (χ1v) is 6.43. The third-order valence-electron chi connectivity index (χ3n) is 2.36. The van der Waals surface area contributed by atoms with E-state index in [2.05, 4.69) is 25.8 Å². The predicted octanol–water partition coefficient (Wildman–Crippen LogP) is 1.93. The summed E-state index contributed by atoms with van der Waals surface area (Å²) in [5.74, 6) is -1.24. The molecule has 19 heavy (non-hydrogen) atoms. The maximum absolute atomic E-state index is 13.9. The first kappa shape index (κ1) is 13.3. The Kier molecular flexibility index (Phi) is 4.00. The van der Waals surface area contributed by atoms with Gasteiger partial charge in [0.1, 0.15) is 5.01 Å². The van der Waals surface area contributed by atoms with E-state index in [1.54, 1.807) is 0 Å². The summed E-state index contributed by atoms with van der Waals surface area (Å²) in [6.45, 7) is 1.94. The van der Waals surface area contributed by atoms with E-state index in [0.717, 1.165) is 11.4 Å². The average Bonchev–Trinajstić information content (AvgIpc) is 2.86. The van der Waals surface area contributed by atoms with Gasteiger partial charge >= 0.3 is 0 Å². The molecule has 2 heterocycles. The number of carbonyl (C=O) groups is 1. The summed E-state index contributed by atoms with van der Waals surface area (Å²) >= 11 is 1.26. The van der Waals surface area contributed by atoms with Gasteiger partial charge in [0.25, 0.3) is 5.91 Å². The molecule has 0 aliphatic rings. The quantitative estimate of drug-likeness (QED) is 0.895. The van der Waals surface area contributed by atoms with Gasteiger partial charge in [-0.05, 0) is 12.5 Å². The lowest BCUT2D eigenvalue weighted by Crippen LogP contribution is -2.15. The van der Waals surface area contributed by atoms with Crippen LogP contribution in [-0.2, 0) is 6.42 Å². The van der Waals surface area contributed by atoms with Gasteiger partial charge in [-0.2, -0.15) is 0 Å². The van der Waals surface area contributed by atoms with Crippen molar-refractivity contribution < 1.29 is 9.18 Å². The zero-order valence-corrected chi connectivity index (χ0v) is 11.2. The summed E-state index contributed by atoms with van der Waals surface area (Å²) in [5.41, 5.74) is -0.0902. The van der Waals surface area contributed by atoms with E-state index >= 15 is 0 Å². The van der Waals surface area contributed by atoms with E-state index < -0.39 is 11.7 Å². The van der Waals surface area contributed by atoms with Gasteiger partial charge in [-0.3, -0.25) is 10.1 Å². The molecule has 1 amide bonds. The average molecular weight is 281 g/mol. The van der Waals surface area contributed by atoms with Crippen molar-refractivity contribution in [3.05, 3.63) is 28.7 Å². The number of nitrogens with zero attached hydrogens (tertiary/aromatic N) is 3. The Hall–Kier alpha value is -2.09. The largest absolute Gasteiger partial charge is 0.371 e. The van der Waals surface area contributed by atoms with Gasteiger partial charge in [-0.25, -0.2) is 9.37 Å². The Bertz CT molecular complexity index is 601. The maximum Gasteiger partial charge on any atom is 0.260 e. The van der Waals surface area contributed by atoms with Crippen molar-refractivity contribution in [2.24, 2.45) is 0 Å². The smallest absolute Gasteiger partial charge is 0.260 e. The molecular weight excluding hydrogens is 269 g/mol. The number of amides is 1. The summed E-state index contributed by atoms with van der Waals surface area (Å²) in [6, 6.07) is 1.31. The molecule has 0 fully saturated rings. The number of carbonyl (C=O) groups excluding carboxylic acids is 1. The third kappa shape index (κ3) is 2.84. The van der Waals surface area contributed by atoms with E-state index in [1.807, 2.05) is 6.92 Å². The molecule has 0 spiro atoms. The second-order valence-electron chi connectivity index (χ2n) is 3.58. The lowest BCUT2D eigenvalue weighted by atomic mass is 10.2. The monoisotopic (exact) mass is 281 g/mol. The molecule has 0 saturated heterocycles.